The monoisotopic (exact) mass is 265 g/mol. The zero-order chi connectivity index (χ0) is 13.4. The maximum absolute atomic E-state index is 4.48. The molecule has 3 aromatic rings. The van der Waals surface area contributed by atoms with Gasteiger partial charge in [-0.15, -0.1) is 0 Å². The Kier molecular flexibility index (Phi) is 2.62. The summed E-state index contributed by atoms with van der Waals surface area (Å²) in [6.45, 7) is 2.13. The molecule has 0 spiro atoms. The molecule has 0 bridgehead atoms. The molecule has 3 aromatic heterocycles. The van der Waals surface area contributed by atoms with E-state index in [9.17, 15) is 0 Å². The molecule has 4 heterocycles. The van der Waals surface area contributed by atoms with Crippen LogP contribution in [0.4, 0.5) is 5.95 Å². The van der Waals surface area contributed by atoms with Gasteiger partial charge in [0.1, 0.15) is 5.65 Å². The molecule has 5 nitrogen and oxygen atoms in total. The quantitative estimate of drug-likeness (QED) is 0.774. The van der Waals surface area contributed by atoms with Crippen LogP contribution in [-0.4, -0.2) is 33.0 Å². The van der Waals surface area contributed by atoms with Crippen LogP contribution in [0.3, 0.4) is 0 Å². The Labute approximate surface area is 116 Å². The lowest BCUT2D eigenvalue weighted by Gasteiger charge is -2.14. The van der Waals surface area contributed by atoms with Gasteiger partial charge in [-0.25, -0.2) is 15.0 Å². The van der Waals surface area contributed by atoms with Crippen LogP contribution in [0.25, 0.3) is 22.2 Å². The molecule has 0 aromatic carbocycles. The van der Waals surface area contributed by atoms with E-state index < -0.39 is 0 Å². The SMILES string of the molecule is c1cc2cc(-c3cnc(N4CCCC4)nc3)cnc2[nH]1. The summed E-state index contributed by atoms with van der Waals surface area (Å²) in [4.78, 5) is 18.7. The highest BCUT2D eigenvalue weighted by Crippen LogP contribution is 2.22. The molecule has 0 atom stereocenters. The van der Waals surface area contributed by atoms with E-state index in [1.54, 1.807) is 0 Å². The lowest BCUT2D eigenvalue weighted by atomic mass is 10.1. The number of fused-ring (bicyclic) bond motifs is 1. The van der Waals surface area contributed by atoms with Crippen LogP contribution >= 0.6 is 0 Å². The Balaban J connectivity index is 1.67. The average molecular weight is 265 g/mol. The molecule has 1 saturated heterocycles. The molecular weight excluding hydrogens is 250 g/mol. The van der Waals surface area contributed by atoms with E-state index in [-0.39, 0.29) is 0 Å². The topological polar surface area (TPSA) is 57.7 Å². The minimum Gasteiger partial charge on any atom is -0.346 e. The Morgan fingerprint density at radius 2 is 1.70 bits per heavy atom. The highest BCUT2D eigenvalue weighted by Gasteiger charge is 2.14. The number of rotatable bonds is 2. The predicted molar refractivity (Wildman–Crippen MR) is 78.6 cm³/mol. The number of nitrogens with zero attached hydrogens (tertiary/aromatic N) is 4. The molecule has 0 aliphatic carbocycles. The first-order valence-corrected chi connectivity index (χ1v) is 6.91. The molecular formula is C15H15N5. The Bertz CT molecular complexity index is 725. The van der Waals surface area contributed by atoms with E-state index in [0.717, 1.165) is 41.2 Å². The van der Waals surface area contributed by atoms with Crippen LogP contribution in [0, 0.1) is 0 Å². The zero-order valence-electron chi connectivity index (χ0n) is 11.1. The highest BCUT2D eigenvalue weighted by molar-refractivity contribution is 5.80. The molecule has 0 radical (unpaired) electrons. The van der Waals surface area contributed by atoms with E-state index >= 15 is 0 Å². The summed E-state index contributed by atoms with van der Waals surface area (Å²) in [6, 6.07) is 4.12. The van der Waals surface area contributed by atoms with Crippen molar-refractivity contribution in [3.05, 3.63) is 36.9 Å². The fraction of sp³-hybridized carbons (Fsp3) is 0.267. The van der Waals surface area contributed by atoms with Crippen LogP contribution in [-0.2, 0) is 0 Å². The second-order valence-corrected chi connectivity index (χ2v) is 5.11. The summed E-state index contributed by atoms with van der Waals surface area (Å²) in [5.41, 5.74) is 2.96. The van der Waals surface area contributed by atoms with Crippen molar-refractivity contribution in [2.24, 2.45) is 0 Å². The van der Waals surface area contributed by atoms with Gasteiger partial charge in [0.2, 0.25) is 5.95 Å². The summed E-state index contributed by atoms with van der Waals surface area (Å²) in [5, 5.41) is 1.10. The smallest absolute Gasteiger partial charge is 0.225 e. The highest BCUT2D eigenvalue weighted by atomic mass is 15.3. The third kappa shape index (κ3) is 1.91. The lowest BCUT2D eigenvalue weighted by molar-refractivity contribution is 0.899. The molecule has 1 fully saturated rings. The maximum atomic E-state index is 4.48. The number of H-pyrrole nitrogens is 1. The van der Waals surface area contributed by atoms with Gasteiger partial charge in [0, 0.05) is 54.4 Å². The molecule has 5 heteroatoms. The Morgan fingerprint density at radius 1 is 0.950 bits per heavy atom. The van der Waals surface area contributed by atoms with Crippen LogP contribution in [0.15, 0.2) is 36.9 Å². The third-order valence-electron chi connectivity index (χ3n) is 3.76. The minimum atomic E-state index is 0.835. The first-order chi connectivity index (χ1) is 9.90. The molecule has 1 aliphatic rings. The number of aromatic nitrogens is 4. The van der Waals surface area contributed by atoms with Gasteiger partial charge < -0.3 is 9.88 Å². The summed E-state index contributed by atoms with van der Waals surface area (Å²) in [7, 11) is 0. The molecule has 20 heavy (non-hydrogen) atoms. The average Bonchev–Trinajstić information content (AvgIpc) is 3.18. The standard InChI is InChI=1S/C15H15N5/c1-2-6-20(5-1)15-18-9-13(10-19-15)12-7-11-3-4-16-14(11)17-8-12/h3-4,7-10H,1-2,5-6H2,(H,16,17). The van der Waals surface area contributed by atoms with Crippen molar-refractivity contribution < 1.29 is 0 Å². The fourth-order valence-electron chi connectivity index (χ4n) is 2.65. The first-order valence-electron chi connectivity index (χ1n) is 6.91. The number of pyridine rings is 1. The van der Waals surface area contributed by atoms with E-state index in [2.05, 4.69) is 30.9 Å². The Hall–Kier alpha value is -2.43. The van der Waals surface area contributed by atoms with Gasteiger partial charge >= 0.3 is 0 Å². The lowest BCUT2D eigenvalue weighted by Crippen LogP contribution is -2.20. The van der Waals surface area contributed by atoms with Crippen molar-refractivity contribution in [1.82, 2.24) is 19.9 Å². The molecule has 1 N–H and O–H groups in total. The van der Waals surface area contributed by atoms with Crippen LogP contribution in [0.1, 0.15) is 12.8 Å². The second kappa shape index (κ2) is 4.59. The largest absolute Gasteiger partial charge is 0.346 e. The number of nitrogens with one attached hydrogen (secondary N) is 1. The summed E-state index contributed by atoms with van der Waals surface area (Å²) >= 11 is 0. The van der Waals surface area contributed by atoms with E-state index in [1.807, 2.05) is 30.9 Å². The van der Waals surface area contributed by atoms with E-state index in [0.29, 0.717) is 0 Å². The number of aromatic amines is 1. The number of anilines is 1. The van der Waals surface area contributed by atoms with Crippen molar-refractivity contribution in [1.29, 1.82) is 0 Å². The Morgan fingerprint density at radius 3 is 2.50 bits per heavy atom. The summed E-state index contributed by atoms with van der Waals surface area (Å²) in [5.74, 6) is 0.835. The minimum absolute atomic E-state index is 0.835. The molecule has 100 valence electrons. The predicted octanol–water partition coefficient (Wildman–Crippen LogP) is 2.62. The summed E-state index contributed by atoms with van der Waals surface area (Å²) < 4.78 is 0. The van der Waals surface area contributed by atoms with Gasteiger partial charge in [-0.05, 0) is 25.0 Å². The van der Waals surface area contributed by atoms with Crippen molar-refractivity contribution in [3.63, 3.8) is 0 Å². The van der Waals surface area contributed by atoms with E-state index in [4.69, 9.17) is 0 Å². The molecule has 0 saturated carbocycles. The van der Waals surface area contributed by atoms with E-state index in [1.165, 1.54) is 12.8 Å². The normalized spacial score (nSPS) is 15.1. The van der Waals surface area contributed by atoms with Crippen molar-refractivity contribution in [2.45, 2.75) is 12.8 Å². The molecule has 0 unspecified atom stereocenters. The first kappa shape index (κ1) is 11.4. The zero-order valence-corrected chi connectivity index (χ0v) is 11.1. The van der Waals surface area contributed by atoms with Crippen molar-refractivity contribution >= 4 is 17.0 Å². The van der Waals surface area contributed by atoms with Gasteiger partial charge in [-0.2, -0.15) is 0 Å². The van der Waals surface area contributed by atoms with Crippen LogP contribution < -0.4 is 4.90 Å². The summed E-state index contributed by atoms with van der Waals surface area (Å²) in [6.07, 6.45) is 9.99. The fourth-order valence-corrected chi connectivity index (χ4v) is 2.65. The van der Waals surface area contributed by atoms with Gasteiger partial charge in [-0.1, -0.05) is 0 Å². The van der Waals surface area contributed by atoms with Crippen molar-refractivity contribution in [2.75, 3.05) is 18.0 Å². The van der Waals surface area contributed by atoms with Gasteiger partial charge in [-0.3, -0.25) is 0 Å². The van der Waals surface area contributed by atoms with Gasteiger partial charge in [0.25, 0.3) is 0 Å². The van der Waals surface area contributed by atoms with Gasteiger partial charge in [0.15, 0.2) is 0 Å². The molecule has 0 amide bonds. The van der Waals surface area contributed by atoms with Gasteiger partial charge in [0.05, 0.1) is 0 Å². The number of hydrogen-bond donors (Lipinski definition) is 1. The number of hydrogen-bond acceptors (Lipinski definition) is 4. The third-order valence-corrected chi connectivity index (χ3v) is 3.76. The maximum Gasteiger partial charge on any atom is 0.225 e. The van der Waals surface area contributed by atoms with Crippen molar-refractivity contribution in [3.8, 4) is 11.1 Å². The second-order valence-electron chi connectivity index (χ2n) is 5.11. The van der Waals surface area contributed by atoms with Crippen LogP contribution in [0.2, 0.25) is 0 Å². The van der Waals surface area contributed by atoms with Crippen LogP contribution in [0.5, 0.6) is 0 Å². The molecule has 4 rings (SSSR count). The molecule has 1 aliphatic heterocycles.